The molecule has 1 aliphatic heterocycles. The number of nitrogens with one attached hydrogen (secondary N) is 2. The quantitative estimate of drug-likeness (QED) is 0.860. The molecule has 2 aromatic carbocycles. The molecule has 0 saturated carbocycles. The minimum absolute atomic E-state index is 0.118. The third-order valence-electron chi connectivity index (χ3n) is 3.99. The summed E-state index contributed by atoms with van der Waals surface area (Å²) in [5, 5.41) is 5.91. The van der Waals surface area contributed by atoms with Gasteiger partial charge >= 0.3 is 6.61 Å². The Bertz CT molecular complexity index is 781. The van der Waals surface area contributed by atoms with Gasteiger partial charge in [0.25, 0.3) is 5.91 Å². The predicted molar refractivity (Wildman–Crippen MR) is 90.8 cm³/mol. The number of ether oxygens (including phenoxy) is 2. The van der Waals surface area contributed by atoms with E-state index in [2.05, 4.69) is 15.4 Å². The van der Waals surface area contributed by atoms with Gasteiger partial charge in [-0.1, -0.05) is 6.07 Å². The summed E-state index contributed by atoms with van der Waals surface area (Å²) in [5.74, 6) is -0.0753. The lowest BCUT2D eigenvalue weighted by Crippen LogP contribution is -2.20. The van der Waals surface area contributed by atoms with Crippen LogP contribution in [0.1, 0.15) is 22.3 Å². The van der Waals surface area contributed by atoms with E-state index in [0.717, 1.165) is 30.6 Å². The Morgan fingerprint density at radius 1 is 1.28 bits per heavy atom. The normalized spacial score (nSPS) is 13.0. The van der Waals surface area contributed by atoms with Crippen LogP contribution < -0.4 is 20.1 Å². The highest BCUT2D eigenvalue weighted by atomic mass is 19.3. The number of amides is 1. The van der Waals surface area contributed by atoms with Crippen molar-refractivity contribution < 1.29 is 23.0 Å². The number of hydrogen-bond acceptors (Lipinski definition) is 4. The number of alkyl halides is 2. The van der Waals surface area contributed by atoms with Gasteiger partial charge in [0.15, 0.2) is 0 Å². The lowest BCUT2D eigenvalue weighted by molar-refractivity contribution is -0.0494. The van der Waals surface area contributed by atoms with Crippen molar-refractivity contribution in [2.45, 2.75) is 19.5 Å². The Labute approximate surface area is 143 Å². The summed E-state index contributed by atoms with van der Waals surface area (Å²) >= 11 is 0. The third-order valence-corrected chi connectivity index (χ3v) is 3.99. The van der Waals surface area contributed by atoms with E-state index in [9.17, 15) is 13.6 Å². The Morgan fingerprint density at radius 3 is 2.88 bits per heavy atom. The van der Waals surface area contributed by atoms with E-state index >= 15 is 0 Å². The second kappa shape index (κ2) is 7.38. The third kappa shape index (κ3) is 3.81. The highest BCUT2D eigenvalue weighted by molar-refractivity contribution is 6.07. The second-order valence-electron chi connectivity index (χ2n) is 5.56. The number of carbonyl (C=O) groups excluding carboxylic acids is 1. The molecule has 132 valence electrons. The lowest BCUT2D eigenvalue weighted by atomic mass is 9.97. The molecule has 5 nitrogen and oxygen atoms in total. The van der Waals surface area contributed by atoms with Crippen LogP contribution in [0.25, 0.3) is 0 Å². The number of rotatable bonds is 5. The molecule has 1 amide bonds. The second-order valence-corrected chi connectivity index (χ2v) is 5.56. The maximum absolute atomic E-state index is 12.7. The van der Waals surface area contributed by atoms with Crippen molar-refractivity contribution in [1.29, 1.82) is 0 Å². The Balaban J connectivity index is 1.90. The largest absolute Gasteiger partial charge is 0.497 e. The topological polar surface area (TPSA) is 59.6 Å². The molecule has 25 heavy (non-hydrogen) atoms. The smallest absolute Gasteiger partial charge is 0.387 e. The van der Waals surface area contributed by atoms with Crippen LogP contribution in [0.2, 0.25) is 0 Å². The molecule has 1 heterocycles. The summed E-state index contributed by atoms with van der Waals surface area (Å²) in [7, 11) is 1.45. The monoisotopic (exact) mass is 348 g/mol. The molecule has 2 N–H and O–H groups in total. The Kier molecular flexibility index (Phi) is 5.02. The van der Waals surface area contributed by atoms with E-state index < -0.39 is 6.61 Å². The van der Waals surface area contributed by atoms with Crippen LogP contribution in [0.4, 0.5) is 20.2 Å². The van der Waals surface area contributed by atoms with E-state index in [1.165, 1.54) is 25.3 Å². The van der Waals surface area contributed by atoms with Crippen LogP contribution in [0.3, 0.4) is 0 Å². The van der Waals surface area contributed by atoms with E-state index in [0.29, 0.717) is 11.3 Å². The maximum Gasteiger partial charge on any atom is 0.387 e. The van der Waals surface area contributed by atoms with Gasteiger partial charge < -0.3 is 20.1 Å². The van der Waals surface area contributed by atoms with E-state index in [1.807, 2.05) is 6.07 Å². The van der Waals surface area contributed by atoms with Gasteiger partial charge in [0.2, 0.25) is 0 Å². The number of fused-ring (bicyclic) bond motifs is 1. The van der Waals surface area contributed by atoms with Crippen molar-refractivity contribution in [3.05, 3.63) is 47.5 Å². The first-order valence-electron chi connectivity index (χ1n) is 7.88. The summed E-state index contributed by atoms with van der Waals surface area (Å²) in [5.41, 5.74) is 2.49. The van der Waals surface area contributed by atoms with E-state index in [4.69, 9.17) is 4.74 Å². The fraction of sp³-hybridized carbons (Fsp3) is 0.278. The highest BCUT2D eigenvalue weighted by Gasteiger charge is 2.19. The highest BCUT2D eigenvalue weighted by Crippen LogP contribution is 2.32. The number of hydrogen-bond donors (Lipinski definition) is 2. The molecule has 3 rings (SSSR count). The van der Waals surface area contributed by atoms with Gasteiger partial charge in [-0.25, -0.2) is 0 Å². The van der Waals surface area contributed by atoms with Crippen LogP contribution in [0.15, 0.2) is 36.4 Å². The summed E-state index contributed by atoms with van der Waals surface area (Å²) in [6.07, 6.45) is 1.71. The molecule has 0 radical (unpaired) electrons. The fourth-order valence-electron chi connectivity index (χ4n) is 2.84. The molecule has 0 aromatic heterocycles. The zero-order valence-corrected chi connectivity index (χ0v) is 13.6. The van der Waals surface area contributed by atoms with Gasteiger partial charge in [0.1, 0.15) is 11.5 Å². The zero-order valence-electron chi connectivity index (χ0n) is 13.6. The number of methoxy groups -OCH3 is 1. The summed E-state index contributed by atoms with van der Waals surface area (Å²) in [6.45, 7) is -2.13. The van der Waals surface area contributed by atoms with Crippen molar-refractivity contribution in [2.75, 3.05) is 24.3 Å². The maximum atomic E-state index is 12.7. The average molecular weight is 348 g/mol. The Morgan fingerprint density at radius 2 is 2.12 bits per heavy atom. The minimum Gasteiger partial charge on any atom is -0.497 e. The fourth-order valence-corrected chi connectivity index (χ4v) is 2.84. The van der Waals surface area contributed by atoms with Gasteiger partial charge in [-0.05, 0) is 42.7 Å². The number of benzene rings is 2. The van der Waals surface area contributed by atoms with Gasteiger partial charge in [-0.15, -0.1) is 0 Å². The predicted octanol–water partition coefficient (Wildman–Crippen LogP) is 3.91. The molecule has 0 bridgehead atoms. The molecule has 0 fully saturated rings. The average Bonchev–Trinajstić information content (AvgIpc) is 2.62. The molecule has 7 heteroatoms. The van der Waals surface area contributed by atoms with Crippen LogP contribution >= 0.6 is 0 Å². The van der Waals surface area contributed by atoms with Crippen LogP contribution in [0, 0.1) is 0 Å². The Hall–Kier alpha value is -2.83. The molecular formula is C18H18F2N2O3. The van der Waals surface area contributed by atoms with Crippen molar-refractivity contribution in [3.8, 4) is 11.5 Å². The lowest BCUT2D eigenvalue weighted by Gasteiger charge is -2.21. The van der Waals surface area contributed by atoms with Gasteiger partial charge in [-0.3, -0.25) is 4.79 Å². The number of anilines is 2. The molecule has 0 saturated heterocycles. The first-order valence-corrected chi connectivity index (χ1v) is 7.88. The molecule has 1 aliphatic rings. The number of carbonyl (C=O) groups is 1. The van der Waals surface area contributed by atoms with Crippen molar-refractivity contribution in [1.82, 2.24) is 0 Å². The zero-order chi connectivity index (χ0) is 17.8. The summed E-state index contributed by atoms with van der Waals surface area (Å²) in [6, 6.07) is 9.69. The van der Waals surface area contributed by atoms with Crippen LogP contribution in [0.5, 0.6) is 11.5 Å². The number of halogens is 2. The molecule has 0 unspecified atom stereocenters. The molecular weight excluding hydrogens is 330 g/mol. The minimum atomic E-state index is -2.99. The summed E-state index contributed by atoms with van der Waals surface area (Å²) in [4.78, 5) is 12.7. The van der Waals surface area contributed by atoms with Gasteiger partial charge in [-0.2, -0.15) is 8.78 Å². The van der Waals surface area contributed by atoms with Crippen LogP contribution in [-0.4, -0.2) is 26.2 Å². The molecule has 0 atom stereocenters. The molecule has 0 aliphatic carbocycles. The van der Waals surface area contributed by atoms with Crippen molar-refractivity contribution in [2.24, 2.45) is 0 Å². The first kappa shape index (κ1) is 17.0. The molecule has 2 aromatic rings. The molecule has 0 spiro atoms. The van der Waals surface area contributed by atoms with Crippen molar-refractivity contribution in [3.63, 3.8) is 0 Å². The van der Waals surface area contributed by atoms with Crippen LogP contribution in [-0.2, 0) is 6.42 Å². The van der Waals surface area contributed by atoms with Gasteiger partial charge in [0.05, 0.1) is 12.8 Å². The SMILES string of the molecule is COc1ccc(OC(F)F)c(NC(=O)c2cccc3c2CCCN3)c1. The van der Waals surface area contributed by atoms with E-state index in [1.54, 1.807) is 12.1 Å². The van der Waals surface area contributed by atoms with Gasteiger partial charge in [0, 0.05) is 23.9 Å². The van der Waals surface area contributed by atoms with Crippen molar-refractivity contribution >= 4 is 17.3 Å². The van der Waals surface area contributed by atoms with E-state index in [-0.39, 0.29) is 17.3 Å². The first-order chi connectivity index (χ1) is 12.1. The summed E-state index contributed by atoms with van der Waals surface area (Å²) < 4.78 is 34.8. The standard InChI is InChI=1S/C18H18F2N2O3/c1-24-11-7-8-16(25-18(19)20)15(10-11)22-17(23)13-4-2-6-14-12(13)5-3-9-21-14/h2,4,6-8,10,18,21H,3,5,9H2,1H3,(H,22,23).